The van der Waals surface area contributed by atoms with Gasteiger partial charge in [-0.2, -0.15) is 0 Å². The largest absolute Gasteiger partial charge is 0.312 e. The smallest absolute Gasteiger partial charge is 0.240 e. The van der Waals surface area contributed by atoms with Crippen LogP contribution < -0.4 is 4.90 Å². The van der Waals surface area contributed by atoms with Crippen LogP contribution in [-0.2, 0) is 4.79 Å². The molecule has 0 heterocycles. The number of carbonyl (C=O) groups excluding carboxylic acids is 1. The monoisotopic (exact) mass is 285 g/mol. The second-order valence-electron chi connectivity index (χ2n) is 4.49. The molecule has 3 heteroatoms. The van der Waals surface area contributed by atoms with Crippen LogP contribution in [0.5, 0.6) is 0 Å². The van der Waals surface area contributed by atoms with Crippen molar-refractivity contribution in [3.05, 3.63) is 60.7 Å². The van der Waals surface area contributed by atoms with Gasteiger partial charge in [0.15, 0.2) is 0 Å². The number of hydrogen-bond acceptors (Lipinski definition) is 2. The summed E-state index contributed by atoms with van der Waals surface area (Å²) >= 11 is 1.60. The van der Waals surface area contributed by atoms with E-state index in [1.54, 1.807) is 11.8 Å². The molecule has 2 aromatic carbocycles. The molecule has 0 fully saturated rings. The molecule has 2 rings (SSSR count). The topological polar surface area (TPSA) is 20.3 Å². The number of thioether (sulfide) groups is 1. The zero-order chi connectivity index (χ0) is 14.4. The first-order valence-corrected chi connectivity index (χ1v) is 7.68. The fourth-order valence-corrected chi connectivity index (χ4v) is 3.00. The highest BCUT2D eigenvalue weighted by Crippen LogP contribution is 2.25. The number of hydrogen-bond donors (Lipinski definition) is 0. The molecule has 0 saturated carbocycles. The van der Waals surface area contributed by atoms with Crippen molar-refractivity contribution in [2.45, 2.75) is 24.0 Å². The molecule has 1 unspecified atom stereocenters. The molecule has 0 bridgehead atoms. The molecule has 104 valence electrons. The van der Waals surface area contributed by atoms with E-state index in [2.05, 4.69) is 0 Å². The maximum absolute atomic E-state index is 12.6. The molecule has 2 aromatic rings. The van der Waals surface area contributed by atoms with Crippen LogP contribution >= 0.6 is 11.8 Å². The molecule has 1 amide bonds. The molecule has 0 radical (unpaired) electrons. The van der Waals surface area contributed by atoms with Crippen LogP contribution in [0.3, 0.4) is 0 Å². The van der Waals surface area contributed by atoms with Crippen molar-refractivity contribution in [3.8, 4) is 0 Å². The van der Waals surface area contributed by atoms with Crippen molar-refractivity contribution in [3.63, 3.8) is 0 Å². The Morgan fingerprint density at radius 2 is 1.60 bits per heavy atom. The Labute approximate surface area is 124 Å². The first-order valence-electron chi connectivity index (χ1n) is 6.80. The van der Waals surface area contributed by atoms with Crippen LogP contribution in [0.25, 0.3) is 0 Å². The summed E-state index contributed by atoms with van der Waals surface area (Å²) in [5.41, 5.74) is 0.959. The lowest BCUT2D eigenvalue weighted by Gasteiger charge is -2.24. The minimum absolute atomic E-state index is 0.0995. The van der Waals surface area contributed by atoms with E-state index in [0.29, 0.717) is 6.54 Å². The molecule has 0 aromatic heterocycles. The number of amides is 1. The quantitative estimate of drug-likeness (QED) is 0.767. The Hall–Kier alpha value is -1.74. The van der Waals surface area contributed by atoms with Crippen molar-refractivity contribution in [2.24, 2.45) is 0 Å². The van der Waals surface area contributed by atoms with Gasteiger partial charge in [-0.1, -0.05) is 36.4 Å². The van der Waals surface area contributed by atoms with Gasteiger partial charge in [0.25, 0.3) is 0 Å². The zero-order valence-electron chi connectivity index (χ0n) is 11.8. The molecule has 0 spiro atoms. The van der Waals surface area contributed by atoms with Gasteiger partial charge in [-0.15, -0.1) is 11.8 Å². The number of benzene rings is 2. The fourth-order valence-electron chi connectivity index (χ4n) is 2.05. The first-order chi connectivity index (χ1) is 9.72. The minimum Gasteiger partial charge on any atom is -0.312 e. The van der Waals surface area contributed by atoms with Crippen molar-refractivity contribution < 1.29 is 4.79 Å². The maximum Gasteiger partial charge on any atom is 0.240 e. The second kappa shape index (κ2) is 7.15. The molecule has 0 N–H and O–H groups in total. The number of nitrogens with zero attached hydrogens (tertiary/aromatic N) is 1. The minimum atomic E-state index is -0.0995. The van der Waals surface area contributed by atoms with Crippen molar-refractivity contribution in [1.82, 2.24) is 0 Å². The van der Waals surface area contributed by atoms with Gasteiger partial charge in [0.2, 0.25) is 5.91 Å². The van der Waals surface area contributed by atoms with E-state index in [-0.39, 0.29) is 11.2 Å². The molecule has 20 heavy (non-hydrogen) atoms. The van der Waals surface area contributed by atoms with Crippen LogP contribution in [0, 0.1) is 0 Å². The molecule has 0 aliphatic heterocycles. The summed E-state index contributed by atoms with van der Waals surface area (Å²) in [5.74, 6) is 0.146. The van der Waals surface area contributed by atoms with Gasteiger partial charge >= 0.3 is 0 Å². The van der Waals surface area contributed by atoms with E-state index in [9.17, 15) is 4.79 Å². The number of para-hydroxylation sites is 1. The van der Waals surface area contributed by atoms with Crippen LogP contribution in [0.1, 0.15) is 13.8 Å². The lowest BCUT2D eigenvalue weighted by molar-refractivity contribution is -0.117. The Morgan fingerprint density at radius 3 is 2.15 bits per heavy atom. The van der Waals surface area contributed by atoms with Crippen LogP contribution in [-0.4, -0.2) is 17.7 Å². The van der Waals surface area contributed by atoms with Gasteiger partial charge in [0, 0.05) is 17.1 Å². The maximum atomic E-state index is 12.6. The summed E-state index contributed by atoms with van der Waals surface area (Å²) < 4.78 is 0. The van der Waals surface area contributed by atoms with E-state index in [0.717, 1.165) is 10.6 Å². The zero-order valence-corrected chi connectivity index (χ0v) is 12.6. The molecule has 0 aliphatic carbocycles. The lowest BCUT2D eigenvalue weighted by Crippen LogP contribution is -2.36. The molecular formula is C17H19NOS. The van der Waals surface area contributed by atoms with Gasteiger partial charge in [0.1, 0.15) is 0 Å². The van der Waals surface area contributed by atoms with E-state index >= 15 is 0 Å². The Balaban J connectivity index is 2.09. The third kappa shape index (κ3) is 3.64. The SMILES string of the molecule is CCN(C(=O)C(C)Sc1ccccc1)c1ccccc1. The molecule has 2 nitrogen and oxygen atoms in total. The van der Waals surface area contributed by atoms with Crippen molar-refractivity contribution >= 4 is 23.4 Å². The Morgan fingerprint density at radius 1 is 1.05 bits per heavy atom. The normalized spacial score (nSPS) is 11.9. The van der Waals surface area contributed by atoms with Crippen molar-refractivity contribution in [1.29, 1.82) is 0 Å². The highest BCUT2D eigenvalue weighted by molar-refractivity contribution is 8.00. The van der Waals surface area contributed by atoms with Crippen LogP contribution in [0.2, 0.25) is 0 Å². The summed E-state index contributed by atoms with van der Waals surface area (Å²) in [7, 11) is 0. The van der Waals surface area contributed by atoms with Gasteiger partial charge in [-0.25, -0.2) is 0 Å². The predicted octanol–water partition coefficient (Wildman–Crippen LogP) is 4.22. The van der Waals surface area contributed by atoms with Gasteiger partial charge in [-0.3, -0.25) is 4.79 Å². The summed E-state index contributed by atoms with van der Waals surface area (Å²) in [5, 5.41) is -0.0995. The van der Waals surface area contributed by atoms with Gasteiger partial charge < -0.3 is 4.90 Å². The third-order valence-corrected chi connectivity index (χ3v) is 4.15. The Bertz CT molecular complexity index is 541. The lowest BCUT2D eigenvalue weighted by atomic mass is 10.2. The number of anilines is 1. The molecule has 0 saturated heterocycles. The first kappa shape index (κ1) is 14.7. The highest BCUT2D eigenvalue weighted by Gasteiger charge is 2.21. The Kier molecular flexibility index (Phi) is 5.24. The van der Waals surface area contributed by atoms with E-state index < -0.39 is 0 Å². The summed E-state index contributed by atoms with van der Waals surface area (Å²) in [6.07, 6.45) is 0. The highest BCUT2D eigenvalue weighted by atomic mass is 32.2. The summed E-state index contributed by atoms with van der Waals surface area (Å²) in [6.45, 7) is 4.65. The predicted molar refractivity (Wildman–Crippen MR) is 86.2 cm³/mol. The van der Waals surface area contributed by atoms with Crippen LogP contribution in [0.15, 0.2) is 65.6 Å². The van der Waals surface area contributed by atoms with E-state index in [1.165, 1.54) is 0 Å². The molecule has 1 atom stereocenters. The van der Waals surface area contributed by atoms with Crippen molar-refractivity contribution in [2.75, 3.05) is 11.4 Å². The average Bonchev–Trinajstić information content (AvgIpc) is 2.50. The molecular weight excluding hydrogens is 266 g/mol. The van der Waals surface area contributed by atoms with E-state index in [1.807, 2.05) is 79.4 Å². The average molecular weight is 285 g/mol. The number of rotatable bonds is 5. The van der Waals surface area contributed by atoms with Crippen LogP contribution in [0.4, 0.5) is 5.69 Å². The van der Waals surface area contributed by atoms with E-state index in [4.69, 9.17) is 0 Å². The second-order valence-corrected chi connectivity index (χ2v) is 5.91. The summed E-state index contributed by atoms with van der Waals surface area (Å²) in [4.78, 5) is 15.5. The fraction of sp³-hybridized carbons (Fsp3) is 0.235. The molecule has 0 aliphatic rings. The summed E-state index contributed by atoms with van der Waals surface area (Å²) in [6, 6.07) is 19.9. The van der Waals surface area contributed by atoms with Gasteiger partial charge in [0.05, 0.1) is 5.25 Å². The third-order valence-electron chi connectivity index (χ3n) is 3.05. The van der Waals surface area contributed by atoms with Gasteiger partial charge in [-0.05, 0) is 38.1 Å². The standard InChI is InChI=1S/C17H19NOS/c1-3-18(15-10-6-4-7-11-15)17(19)14(2)20-16-12-8-5-9-13-16/h4-14H,3H2,1-2H3. The number of carbonyl (C=O) groups is 1.